The first-order valence-corrected chi connectivity index (χ1v) is 11.0. The molecule has 2 aromatic carbocycles. The topological polar surface area (TPSA) is 106 Å². The van der Waals surface area contributed by atoms with Crippen LogP contribution in [0.5, 0.6) is 0 Å². The lowest BCUT2D eigenvalue weighted by Crippen LogP contribution is -2.19. The van der Waals surface area contributed by atoms with Gasteiger partial charge in [0.25, 0.3) is 15.9 Å². The van der Waals surface area contributed by atoms with Crippen LogP contribution < -0.4 is 10.0 Å². The summed E-state index contributed by atoms with van der Waals surface area (Å²) in [6.07, 6.45) is 3.39. The van der Waals surface area contributed by atoms with Crippen LogP contribution in [0.1, 0.15) is 16.1 Å². The first kappa shape index (κ1) is 21.2. The van der Waals surface area contributed by atoms with Crippen molar-refractivity contribution in [3.8, 4) is 0 Å². The molecule has 2 aromatic heterocycles. The number of pyridine rings is 1. The zero-order valence-corrected chi connectivity index (χ0v) is 17.5. The average Bonchev–Trinajstić information content (AvgIpc) is 3.21. The van der Waals surface area contributed by atoms with Crippen molar-refractivity contribution in [3.63, 3.8) is 0 Å². The lowest BCUT2D eigenvalue weighted by molar-refractivity contribution is 0.102. The zero-order chi connectivity index (χ0) is 22.6. The number of amides is 1. The molecule has 0 spiro atoms. The fraction of sp³-hybridized carbons (Fsp3) is 0.0455. The van der Waals surface area contributed by atoms with E-state index in [1.807, 2.05) is 18.2 Å². The quantitative estimate of drug-likeness (QED) is 0.447. The van der Waals surface area contributed by atoms with E-state index in [1.54, 1.807) is 35.3 Å². The van der Waals surface area contributed by atoms with Crippen molar-refractivity contribution >= 4 is 27.4 Å². The van der Waals surface area contributed by atoms with Gasteiger partial charge in [-0.2, -0.15) is 5.10 Å². The Hall–Kier alpha value is -4.05. The fourth-order valence-electron chi connectivity index (χ4n) is 2.95. The molecular formula is C22H18FN5O3S. The second kappa shape index (κ2) is 8.98. The molecular weight excluding hydrogens is 433 g/mol. The van der Waals surface area contributed by atoms with Crippen LogP contribution >= 0.6 is 0 Å². The normalized spacial score (nSPS) is 11.2. The monoisotopic (exact) mass is 451 g/mol. The summed E-state index contributed by atoms with van der Waals surface area (Å²) in [5.41, 5.74) is 1.01. The molecule has 4 aromatic rings. The Bertz CT molecular complexity index is 1340. The standard InChI is InChI=1S/C22H18FN5O3S/c23-16-8-10-18(11-9-16)32(30,31)27-20-7-2-1-6-19(20)22(29)25-21-12-14-28(26-21)15-17-5-3-4-13-24-17/h1-14,27H,15H2,(H,25,26,29). The molecule has 8 nitrogen and oxygen atoms in total. The van der Waals surface area contributed by atoms with Crippen molar-refractivity contribution in [1.82, 2.24) is 14.8 Å². The molecule has 2 heterocycles. The molecule has 0 unspecified atom stereocenters. The molecule has 0 fully saturated rings. The average molecular weight is 451 g/mol. The third kappa shape index (κ3) is 4.98. The Balaban J connectivity index is 1.50. The number of carbonyl (C=O) groups is 1. The maximum absolute atomic E-state index is 13.1. The minimum absolute atomic E-state index is 0.0854. The number of nitrogens with one attached hydrogen (secondary N) is 2. The fourth-order valence-corrected chi connectivity index (χ4v) is 4.03. The van der Waals surface area contributed by atoms with E-state index >= 15 is 0 Å². The van der Waals surface area contributed by atoms with Gasteiger partial charge in [-0.3, -0.25) is 19.2 Å². The summed E-state index contributed by atoms with van der Waals surface area (Å²) in [7, 11) is -4.01. The molecule has 162 valence electrons. The molecule has 0 aliphatic rings. The number of anilines is 2. The molecule has 2 N–H and O–H groups in total. The number of hydrogen-bond acceptors (Lipinski definition) is 5. The van der Waals surface area contributed by atoms with Crippen molar-refractivity contribution in [2.24, 2.45) is 0 Å². The van der Waals surface area contributed by atoms with Crippen molar-refractivity contribution in [1.29, 1.82) is 0 Å². The highest BCUT2D eigenvalue weighted by Gasteiger charge is 2.19. The van der Waals surface area contributed by atoms with E-state index in [4.69, 9.17) is 0 Å². The largest absolute Gasteiger partial charge is 0.305 e. The van der Waals surface area contributed by atoms with Gasteiger partial charge in [0.1, 0.15) is 5.82 Å². The summed E-state index contributed by atoms with van der Waals surface area (Å²) >= 11 is 0. The van der Waals surface area contributed by atoms with Gasteiger partial charge in [0, 0.05) is 18.5 Å². The van der Waals surface area contributed by atoms with E-state index in [1.165, 1.54) is 12.1 Å². The Labute approximate surface area is 183 Å². The van der Waals surface area contributed by atoms with Crippen LogP contribution in [0, 0.1) is 5.82 Å². The van der Waals surface area contributed by atoms with Crippen molar-refractivity contribution in [2.45, 2.75) is 11.4 Å². The summed E-state index contributed by atoms with van der Waals surface area (Å²) < 4.78 is 42.4. The lowest BCUT2D eigenvalue weighted by Gasteiger charge is -2.12. The Morgan fingerprint density at radius 1 is 0.969 bits per heavy atom. The number of hydrogen-bond donors (Lipinski definition) is 2. The minimum atomic E-state index is -4.01. The highest BCUT2D eigenvalue weighted by molar-refractivity contribution is 7.92. The number of sulfonamides is 1. The Morgan fingerprint density at radius 2 is 1.72 bits per heavy atom. The predicted octanol–water partition coefficient (Wildman–Crippen LogP) is 3.52. The van der Waals surface area contributed by atoms with Crippen LogP contribution in [0.25, 0.3) is 0 Å². The highest BCUT2D eigenvalue weighted by Crippen LogP contribution is 2.21. The minimum Gasteiger partial charge on any atom is -0.305 e. The van der Waals surface area contributed by atoms with Crippen molar-refractivity contribution in [3.05, 3.63) is 102 Å². The van der Waals surface area contributed by atoms with Crippen molar-refractivity contribution in [2.75, 3.05) is 10.0 Å². The number of benzene rings is 2. The molecule has 0 saturated carbocycles. The van der Waals surface area contributed by atoms with Crippen LogP contribution in [-0.2, 0) is 16.6 Å². The molecule has 0 saturated heterocycles. The summed E-state index contributed by atoms with van der Waals surface area (Å²) in [4.78, 5) is 16.9. The van der Waals surface area contributed by atoms with Gasteiger partial charge >= 0.3 is 0 Å². The number of nitrogens with zero attached hydrogens (tertiary/aromatic N) is 3. The molecule has 0 atom stereocenters. The number of aromatic nitrogens is 3. The molecule has 0 radical (unpaired) electrons. The molecule has 0 aliphatic heterocycles. The van der Waals surface area contributed by atoms with Crippen LogP contribution in [0.3, 0.4) is 0 Å². The smallest absolute Gasteiger partial charge is 0.261 e. The summed E-state index contributed by atoms with van der Waals surface area (Å²) in [5, 5.41) is 6.96. The first-order valence-electron chi connectivity index (χ1n) is 9.53. The third-order valence-corrected chi connectivity index (χ3v) is 5.85. The van der Waals surface area contributed by atoms with E-state index in [0.29, 0.717) is 12.4 Å². The van der Waals surface area contributed by atoms with Gasteiger partial charge in [0.05, 0.1) is 28.4 Å². The van der Waals surface area contributed by atoms with Gasteiger partial charge in [0.2, 0.25) is 0 Å². The molecule has 4 rings (SSSR count). The van der Waals surface area contributed by atoms with Gasteiger partial charge in [-0.15, -0.1) is 0 Å². The molecule has 1 amide bonds. The van der Waals surface area contributed by atoms with Gasteiger partial charge < -0.3 is 5.32 Å². The summed E-state index contributed by atoms with van der Waals surface area (Å²) in [5.74, 6) is -0.779. The summed E-state index contributed by atoms with van der Waals surface area (Å²) in [6, 6.07) is 17.8. The van der Waals surface area contributed by atoms with Crippen molar-refractivity contribution < 1.29 is 17.6 Å². The lowest BCUT2D eigenvalue weighted by atomic mass is 10.1. The zero-order valence-electron chi connectivity index (χ0n) is 16.6. The molecule has 10 heteroatoms. The van der Waals surface area contributed by atoms with E-state index < -0.39 is 21.7 Å². The maximum atomic E-state index is 13.1. The van der Waals surface area contributed by atoms with Gasteiger partial charge in [-0.25, -0.2) is 12.8 Å². The SMILES string of the molecule is O=C(Nc1ccn(Cc2ccccn2)n1)c1ccccc1NS(=O)(=O)c1ccc(F)cc1. The first-order chi connectivity index (χ1) is 15.4. The number of rotatable bonds is 7. The number of carbonyl (C=O) groups excluding carboxylic acids is 1. The van der Waals surface area contributed by atoms with E-state index in [2.05, 4.69) is 20.1 Å². The summed E-state index contributed by atoms with van der Waals surface area (Å²) in [6.45, 7) is 0.435. The van der Waals surface area contributed by atoms with Crippen LogP contribution in [-0.4, -0.2) is 29.1 Å². The van der Waals surface area contributed by atoms with Crippen LogP contribution in [0.2, 0.25) is 0 Å². The second-order valence-corrected chi connectivity index (χ2v) is 8.46. The van der Waals surface area contributed by atoms with E-state index in [9.17, 15) is 17.6 Å². The van der Waals surface area contributed by atoms with Gasteiger partial charge in [0.15, 0.2) is 5.82 Å². The Kier molecular flexibility index (Phi) is 5.95. The number of halogens is 1. The van der Waals surface area contributed by atoms with E-state index in [0.717, 1.165) is 30.0 Å². The molecule has 0 bridgehead atoms. The third-order valence-electron chi connectivity index (χ3n) is 4.47. The highest BCUT2D eigenvalue weighted by atomic mass is 32.2. The van der Waals surface area contributed by atoms with Gasteiger partial charge in [-0.05, 0) is 48.5 Å². The Morgan fingerprint density at radius 3 is 2.47 bits per heavy atom. The predicted molar refractivity (Wildman–Crippen MR) is 117 cm³/mol. The van der Waals surface area contributed by atoms with Crippen LogP contribution in [0.4, 0.5) is 15.9 Å². The van der Waals surface area contributed by atoms with Gasteiger partial charge in [-0.1, -0.05) is 18.2 Å². The van der Waals surface area contributed by atoms with Crippen LogP contribution in [0.15, 0.2) is 90.1 Å². The molecule has 32 heavy (non-hydrogen) atoms. The maximum Gasteiger partial charge on any atom is 0.261 e. The number of para-hydroxylation sites is 1. The van der Waals surface area contributed by atoms with E-state index in [-0.39, 0.29) is 16.1 Å². The molecule has 0 aliphatic carbocycles. The second-order valence-electron chi connectivity index (χ2n) is 6.78.